The highest BCUT2D eigenvalue weighted by Gasteiger charge is 2.27. The molecule has 7 heteroatoms. The highest BCUT2D eigenvalue weighted by molar-refractivity contribution is 5.96. The first-order valence-corrected chi connectivity index (χ1v) is 6.47. The Morgan fingerprint density at radius 1 is 1.26 bits per heavy atom. The van der Waals surface area contributed by atoms with Crippen LogP contribution in [0.25, 0.3) is 0 Å². The van der Waals surface area contributed by atoms with E-state index in [1.54, 1.807) is 20.7 Å². The molecule has 1 saturated heterocycles. The fraction of sp³-hybridized carbons (Fsp3) is 0.583. The lowest BCUT2D eigenvalue weighted by Crippen LogP contribution is -2.48. The van der Waals surface area contributed by atoms with E-state index >= 15 is 0 Å². The standard InChI is InChI=1S/C12H16N4O3/c17-9-14-3-5-15(6-4-14)11(18)10-8-13-16-2-1-7-19-12(10)16/h8-9H,1-7H2. The fourth-order valence-electron chi connectivity index (χ4n) is 2.42. The molecular formula is C12H16N4O3. The molecule has 0 radical (unpaired) electrons. The maximum Gasteiger partial charge on any atom is 0.261 e. The van der Waals surface area contributed by atoms with Crippen LogP contribution in [0.3, 0.4) is 0 Å². The largest absolute Gasteiger partial charge is 0.477 e. The summed E-state index contributed by atoms with van der Waals surface area (Å²) in [6.45, 7) is 3.70. The maximum atomic E-state index is 12.4. The third-order valence-corrected chi connectivity index (χ3v) is 3.53. The van der Waals surface area contributed by atoms with Crippen LogP contribution in [0.2, 0.25) is 0 Å². The topological polar surface area (TPSA) is 67.7 Å². The second kappa shape index (κ2) is 4.91. The van der Waals surface area contributed by atoms with E-state index in [0.29, 0.717) is 44.2 Å². The summed E-state index contributed by atoms with van der Waals surface area (Å²) >= 11 is 0. The lowest BCUT2D eigenvalue weighted by atomic mass is 10.2. The van der Waals surface area contributed by atoms with Crippen molar-refractivity contribution in [2.45, 2.75) is 13.0 Å². The molecule has 0 spiro atoms. The monoisotopic (exact) mass is 264 g/mol. The van der Waals surface area contributed by atoms with Crippen LogP contribution in [0.15, 0.2) is 6.20 Å². The third kappa shape index (κ3) is 2.16. The molecule has 3 rings (SSSR count). The average molecular weight is 264 g/mol. The number of aromatic nitrogens is 2. The molecule has 1 aromatic heterocycles. The van der Waals surface area contributed by atoms with Crippen molar-refractivity contribution in [2.24, 2.45) is 0 Å². The van der Waals surface area contributed by atoms with Crippen molar-refractivity contribution in [1.82, 2.24) is 19.6 Å². The average Bonchev–Trinajstić information content (AvgIpc) is 2.90. The molecular weight excluding hydrogens is 248 g/mol. The number of piperazine rings is 1. The zero-order valence-corrected chi connectivity index (χ0v) is 10.6. The number of hydrogen-bond acceptors (Lipinski definition) is 4. The first kappa shape index (κ1) is 12.0. The summed E-state index contributed by atoms with van der Waals surface area (Å²) in [6, 6.07) is 0. The van der Waals surface area contributed by atoms with E-state index in [-0.39, 0.29) is 5.91 Å². The first-order chi connectivity index (χ1) is 9.29. The first-order valence-electron chi connectivity index (χ1n) is 6.47. The molecule has 0 atom stereocenters. The van der Waals surface area contributed by atoms with Gasteiger partial charge in [0.2, 0.25) is 12.3 Å². The van der Waals surface area contributed by atoms with Gasteiger partial charge in [0.25, 0.3) is 5.91 Å². The van der Waals surface area contributed by atoms with Crippen LogP contribution in [0.1, 0.15) is 16.8 Å². The maximum absolute atomic E-state index is 12.4. The van der Waals surface area contributed by atoms with E-state index in [1.165, 1.54) is 0 Å². The van der Waals surface area contributed by atoms with Crippen molar-refractivity contribution in [3.8, 4) is 5.88 Å². The van der Waals surface area contributed by atoms with Gasteiger partial charge in [0, 0.05) is 39.1 Å². The van der Waals surface area contributed by atoms with Crippen molar-refractivity contribution in [3.63, 3.8) is 0 Å². The van der Waals surface area contributed by atoms with Gasteiger partial charge in [-0.3, -0.25) is 9.59 Å². The van der Waals surface area contributed by atoms with Gasteiger partial charge in [-0.25, -0.2) is 4.68 Å². The zero-order valence-electron chi connectivity index (χ0n) is 10.6. The van der Waals surface area contributed by atoms with Crippen LogP contribution in [-0.4, -0.2) is 64.7 Å². The SMILES string of the molecule is O=CN1CCN(C(=O)c2cnn3c2OCCC3)CC1. The van der Waals surface area contributed by atoms with Crippen LogP contribution in [0.4, 0.5) is 0 Å². The van der Waals surface area contributed by atoms with E-state index in [1.807, 2.05) is 0 Å². The normalized spacial score (nSPS) is 18.7. The second-order valence-electron chi connectivity index (χ2n) is 4.72. The second-order valence-corrected chi connectivity index (χ2v) is 4.72. The predicted molar refractivity (Wildman–Crippen MR) is 65.9 cm³/mol. The Kier molecular flexibility index (Phi) is 3.10. The molecule has 1 aromatic rings. The number of ether oxygens (including phenoxy) is 1. The highest BCUT2D eigenvalue weighted by atomic mass is 16.5. The lowest BCUT2D eigenvalue weighted by Gasteiger charge is -2.32. The number of amides is 2. The minimum absolute atomic E-state index is 0.0614. The van der Waals surface area contributed by atoms with Gasteiger partial charge in [0.1, 0.15) is 5.56 Å². The molecule has 2 amide bonds. The molecule has 19 heavy (non-hydrogen) atoms. The summed E-state index contributed by atoms with van der Waals surface area (Å²) in [6.07, 6.45) is 3.32. The van der Waals surface area contributed by atoms with E-state index < -0.39 is 0 Å². The van der Waals surface area contributed by atoms with Crippen LogP contribution in [0, 0.1) is 0 Å². The van der Waals surface area contributed by atoms with Crippen LogP contribution in [0.5, 0.6) is 5.88 Å². The summed E-state index contributed by atoms with van der Waals surface area (Å²) < 4.78 is 7.27. The van der Waals surface area contributed by atoms with Crippen molar-refractivity contribution >= 4 is 12.3 Å². The van der Waals surface area contributed by atoms with Gasteiger partial charge >= 0.3 is 0 Å². The summed E-state index contributed by atoms with van der Waals surface area (Å²) in [4.78, 5) is 26.5. The summed E-state index contributed by atoms with van der Waals surface area (Å²) in [5, 5.41) is 4.18. The van der Waals surface area contributed by atoms with Gasteiger partial charge in [-0.1, -0.05) is 0 Å². The van der Waals surface area contributed by atoms with Crippen LogP contribution >= 0.6 is 0 Å². The quantitative estimate of drug-likeness (QED) is 0.680. The Balaban J connectivity index is 1.74. The van der Waals surface area contributed by atoms with Gasteiger partial charge < -0.3 is 14.5 Å². The van der Waals surface area contributed by atoms with Gasteiger partial charge in [-0.05, 0) is 0 Å². The molecule has 2 aliphatic rings. The molecule has 0 aromatic carbocycles. The number of fused-ring (bicyclic) bond motifs is 1. The van der Waals surface area contributed by atoms with Crippen molar-refractivity contribution < 1.29 is 14.3 Å². The molecule has 1 fully saturated rings. The molecule has 0 bridgehead atoms. The molecule has 3 heterocycles. The molecule has 0 N–H and O–H groups in total. The minimum Gasteiger partial charge on any atom is -0.477 e. The van der Waals surface area contributed by atoms with Gasteiger partial charge in [-0.2, -0.15) is 5.10 Å². The summed E-state index contributed by atoms with van der Waals surface area (Å²) in [7, 11) is 0. The number of rotatable bonds is 2. The Bertz CT molecular complexity index is 491. The Hall–Kier alpha value is -2.05. The van der Waals surface area contributed by atoms with Gasteiger partial charge in [0.05, 0.1) is 12.8 Å². The van der Waals surface area contributed by atoms with E-state index in [0.717, 1.165) is 19.4 Å². The van der Waals surface area contributed by atoms with E-state index in [2.05, 4.69) is 5.10 Å². The summed E-state index contributed by atoms with van der Waals surface area (Å²) in [5.74, 6) is 0.516. The lowest BCUT2D eigenvalue weighted by molar-refractivity contribution is -0.119. The van der Waals surface area contributed by atoms with Crippen molar-refractivity contribution in [2.75, 3.05) is 32.8 Å². The van der Waals surface area contributed by atoms with Gasteiger partial charge in [0.15, 0.2) is 0 Å². The molecule has 0 saturated carbocycles. The Morgan fingerprint density at radius 2 is 2.05 bits per heavy atom. The number of nitrogens with zero attached hydrogens (tertiary/aromatic N) is 4. The minimum atomic E-state index is -0.0614. The highest BCUT2D eigenvalue weighted by Crippen LogP contribution is 2.23. The van der Waals surface area contributed by atoms with Crippen molar-refractivity contribution in [1.29, 1.82) is 0 Å². The number of hydrogen-bond donors (Lipinski definition) is 0. The molecule has 2 aliphatic heterocycles. The number of carbonyl (C=O) groups is 2. The molecule has 7 nitrogen and oxygen atoms in total. The number of carbonyl (C=O) groups excluding carboxylic acids is 2. The Morgan fingerprint density at radius 3 is 2.79 bits per heavy atom. The predicted octanol–water partition coefficient (Wildman–Crippen LogP) is -0.420. The zero-order chi connectivity index (χ0) is 13.2. The van der Waals surface area contributed by atoms with Gasteiger partial charge in [-0.15, -0.1) is 0 Å². The molecule has 0 unspecified atom stereocenters. The Labute approximate surface area is 110 Å². The molecule has 102 valence electrons. The fourth-order valence-corrected chi connectivity index (χ4v) is 2.42. The van der Waals surface area contributed by atoms with Crippen LogP contribution < -0.4 is 4.74 Å². The number of aryl methyl sites for hydroxylation is 1. The van der Waals surface area contributed by atoms with E-state index in [9.17, 15) is 9.59 Å². The summed E-state index contributed by atoms with van der Waals surface area (Å²) in [5.41, 5.74) is 0.527. The van der Waals surface area contributed by atoms with Crippen LogP contribution in [-0.2, 0) is 11.3 Å². The van der Waals surface area contributed by atoms with E-state index in [4.69, 9.17) is 4.74 Å². The van der Waals surface area contributed by atoms with Crippen molar-refractivity contribution in [3.05, 3.63) is 11.8 Å². The molecule has 0 aliphatic carbocycles. The third-order valence-electron chi connectivity index (χ3n) is 3.53. The smallest absolute Gasteiger partial charge is 0.261 e.